The van der Waals surface area contributed by atoms with Crippen molar-refractivity contribution in [3.63, 3.8) is 0 Å². The lowest BCUT2D eigenvalue weighted by molar-refractivity contribution is -0.145. The molecule has 0 fully saturated rings. The minimum atomic E-state index is -0.975. The molecule has 3 nitrogen and oxygen atoms in total. The predicted molar refractivity (Wildman–Crippen MR) is 102 cm³/mol. The second-order valence-electron chi connectivity index (χ2n) is 6.32. The van der Waals surface area contributed by atoms with Crippen LogP contribution in [0.1, 0.15) is 31.4 Å². The summed E-state index contributed by atoms with van der Waals surface area (Å²) in [7, 11) is 1.40. The van der Waals surface area contributed by atoms with Gasteiger partial charge in [0.05, 0.1) is 7.11 Å². The minimum Gasteiger partial charge on any atom is -0.468 e. The van der Waals surface area contributed by atoms with Crippen molar-refractivity contribution in [2.45, 2.75) is 36.8 Å². The second-order valence-corrected chi connectivity index (χ2v) is 7.64. The topological polar surface area (TPSA) is 43.4 Å². The first kappa shape index (κ1) is 19.3. The van der Waals surface area contributed by atoms with E-state index in [2.05, 4.69) is 0 Å². The summed E-state index contributed by atoms with van der Waals surface area (Å²) in [5.74, 6) is -0.495. The van der Waals surface area contributed by atoms with Crippen LogP contribution >= 0.6 is 11.8 Å². The number of hydrogen-bond donors (Lipinski definition) is 0. The quantitative estimate of drug-likeness (QED) is 0.529. The number of thioether (sulfide) groups is 1. The summed E-state index contributed by atoms with van der Waals surface area (Å²) in [6, 6.07) is 17.6. The van der Waals surface area contributed by atoms with Crippen molar-refractivity contribution in [1.29, 1.82) is 0 Å². The molecule has 0 bridgehead atoms. The fourth-order valence-corrected chi connectivity index (χ4v) is 4.36. The molecule has 0 aliphatic carbocycles. The van der Waals surface area contributed by atoms with Gasteiger partial charge in [0, 0.05) is 11.3 Å². The van der Waals surface area contributed by atoms with Gasteiger partial charge in [0.15, 0.2) is 0 Å². The predicted octanol–water partition coefficient (Wildman–Crippen LogP) is 4.77. The molecule has 0 spiro atoms. The zero-order valence-corrected chi connectivity index (χ0v) is 15.9. The van der Waals surface area contributed by atoms with E-state index < -0.39 is 4.75 Å². The number of carbonyl (C=O) groups excluding carboxylic acids is 2. The van der Waals surface area contributed by atoms with Gasteiger partial charge >= 0.3 is 5.97 Å². The number of rotatable bonds is 7. The van der Waals surface area contributed by atoms with Gasteiger partial charge in [-0.15, -0.1) is 11.8 Å². The molecule has 4 heteroatoms. The number of esters is 1. The molecular formula is C21H24O3S. The molecule has 0 aromatic heterocycles. The van der Waals surface area contributed by atoms with E-state index in [1.54, 1.807) is 6.92 Å². The van der Waals surface area contributed by atoms with Gasteiger partial charge in [0.1, 0.15) is 10.5 Å². The Balaban J connectivity index is 2.59. The summed E-state index contributed by atoms with van der Waals surface area (Å²) in [5, 5.41) is 0. The van der Waals surface area contributed by atoms with Gasteiger partial charge in [-0.2, -0.15) is 0 Å². The highest BCUT2D eigenvalue weighted by Gasteiger charge is 2.47. The molecule has 0 aliphatic rings. The van der Waals surface area contributed by atoms with Gasteiger partial charge < -0.3 is 9.53 Å². The van der Waals surface area contributed by atoms with E-state index in [9.17, 15) is 9.59 Å². The lowest BCUT2D eigenvalue weighted by Crippen LogP contribution is -2.40. The summed E-state index contributed by atoms with van der Waals surface area (Å²) in [4.78, 5) is 25.7. The molecule has 0 radical (unpaired) electrons. The Morgan fingerprint density at radius 2 is 1.68 bits per heavy atom. The van der Waals surface area contributed by atoms with Crippen LogP contribution in [0.5, 0.6) is 0 Å². The average molecular weight is 356 g/mol. The Bertz CT molecular complexity index is 725. The molecule has 2 atom stereocenters. The molecule has 0 N–H and O–H groups in total. The van der Waals surface area contributed by atoms with Crippen molar-refractivity contribution in [2.75, 3.05) is 7.11 Å². The average Bonchev–Trinajstić information content (AvgIpc) is 2.60. The van der Waals surface area contributed by atoms with Gasteiger partial charge in [-0.25, -0.2) is 0 Å². The number of ether oxygens (including phenoxy) is 1. The first-order chi connectivity index (χ1) is 11.9. The normalized spacial score (nSPS) is 14.4. The zero-order valence-electron chi connectivity index (χ0n) is 15.1. The highest BCUT2D eigenvalue weighted by Crippen LogP contribution is 2.49. The van der Waals surface area contributed by atoms with Crippen molar-refractivity contribution in [3.8, 4) is 0 Å². The van der Waals surface area contributed by atoms with Crippen LogP contribution in [0.4, 0.5) is 0 Å². The van der Waals surface area contributed by atoms with Crippen LogP contribution in [0.15, 0.2) is 59.5 Å². The highest BCUT2D eigenvalue weighted by molar-refractivity contribution is 8.01. The van der Waals surface area contributed by atoms with Crippen molar-refractivity contribution in [1.82, 2.24) is 0 Å². The molecule has 25 heavy (non-hydrogen) atoms. The standard InChI is InChI=1S/C21H24O3S/c1-15-10-12-19(13-11-15)25-21(20(23)24-4,16(2)14-17(3)22)18-8-6-5-7-9-18/h5-13,16H,14H2,1-4H3/t16-,21?/m1/s1. The van der Waals surface area contributed by atoms with Crippen LogP contribution < -0.4 is 0 Å². The van der Waals surface area contributed by atoms with Crippen molar-refractivity contribution in [2.24, 2.45) is 5.92 Å². The maximum atomic E-state index is 13.0. The van der Waals surface area contributed by atoms with Crippen LogP contribution in [0.2, 0.25) is 0 Å². The summed E-state index contributed by atoms with van der Waals surface area (Å²) in [5.41, 5.74) is 2.01. The van der Waals surface area contributed by atoms with Crippen molar-refractivity contribution < 1.29 is 14.3 Å². The maximum absolute atomic E-state index is 13.0. The summed E-state index contributed by atoms with van der Waals surface area (Å²) >= 11 is 1.45. The van der Waals surface area contributed by atoms with Gasteiger partial charge in [-0.1, -0.05) is 55.0 Å². The van der Waals surface area contributed by atoms with Crippen LogP contribution in [-0.4, -0.2) is 18.9 Å². The molecule has 2 rings (SSSR count). The van der Waals surface area contributed by atoms with Crippen molar-refractivity contribution >= 4 is 23.5 Å². The first-order valence-electron chi connectivity index (χ1n) is 8.29. The molecule has 0 saturated carbocycles. The Labute approximate surface area is 153 Å². The number of Topliss-reactive ketones (excluding diaryl/α,β-unsaturated/α-hetero) is 1. The number of carbonyl (C=O) groups is 2. The van der Waals surface area contributed by atoms with Gasteiger partial charge in [0.25, 0.3) is 0 Å². The van der Waals surface area contributed by atoms with Crippen LogP contribution in [0, 0.1) is 12.8 Å². The van der Waals surface area contributed by atoms with E-state index in [0.717, 1.165) is 16.0 Å². The first-order valence-corrected chi connectivity index (χ1v) is 9.11. The van der Waals surface area contributed by atoms with E-state index in [0.29, 0.717) is 6.42 Å². The number of aryl methyl sites for hydroxylation is 1. The fraction of sp³-hybridized carbons (Fsp3) is 0.333. The Kier molecular flexibility index (Phi) is 6.43. The molecule has 0 amide bonds. The number of ketones is 1. The summed E-state index contributed by atoms with van der Waals surface area (Å²) in [6.45, 7) is 5.52. The van der Waals surface area contributed by atoms with Gasteiger partial charge in [-0.05, 0) is 37.5 Å². The zero-order chi connectivity index (χ0) is 18.4. The van der Waals surface area contributed by atoms with Gasteiger partial charge in [0.2, 0.25) is 0 Å². The van der Waals surface area contributed by atoms with E-state index in [1.165, 1.54) is 18.9 Å². The fourth-order valence-electron chi connectivity index (χ4n) is 3.01. The summed E-state index contributed by atoms with van der Waals surface area (Å²) < 4.78 is 4.22. The van der Waals surface area contributed by atoms with Crippen LogP contribution in [0.25, 0.3) is 0 Å². The Morgan fingerprint density at radius 3 is 2.20 bits per heavy atom. The number of benzene rings is 2. The number of methoxy groups -OCH3 is 1. The molecule has 2 aromatic carbocycles. The lowest BCUT2D eigenvalue weighted by atomic mass is 9.83. The Morgan fingerprint density at radius 1 is 1.08 bits per heavy atom. The molecule has 0 heterocycles. The highest BCUT2D eigenvalue weighted by atomic mass is 32.2. The van der Waals surface area contributed by atoms with Gasteiger partial charge in [-0.3, -0.25) is 4.79 Å². The Hall–Kier alpha value is -2.07. The largest absolute Gasteiger partial charge is 0.468 e. The van der Waals surface area contributed by atoms with Crippen molar-refractivity contribution in [3.05, 3.63) is 65.7 Å². The summed E-state index contributed by atoms with van der Waals surface area (Å²) in [6.07, 6.45) is 0.308. The third kappa shape index (κ3) is 4.31. The minimum absolute atomic E-state index is 0.0567. The maximum Gasteiger partial charge on any atom is 0.327 e. The van der Waals surface area contributed by atoms with E-state index in [-0.39, 0.29) is 17.7 Å². The molecule has 2 aromatic rings. The van der Waals surface area contributed by atoms with E-state index in [4.69, 9.17) is 4.74 Å². The monoisotopic (exact) mass is 356 g/mol. The second kappa shape index (κ2) is 8.34. The third-order valence-corrected chi connectivity index (χ3v) is 5.91. The molecular weight excluding hydrogens is 332 g/mol. The molecule has 0 aliphatic heterocycles. The lowest BCUT2D eigenvalue weighted by Gasteiger charge is -2.36. The third-order valence-electron chi connectivity index (χ3n) is 4.28. The van der Waals surface area contributed by atoms with E-state index in [1.807, 2.05) is 68.4 Å². The molecule has 132 valence electrons. The SMILES string of the molecule is COC(=O)C(Sc1ccc(C)cc1)(c1ccccc1)[C@H](C)CC(C)=O. The molecule has 1 unspecified atom stereocenters. The van der Waals surface area contributed by atoms with Crippen LogP contribution in [0.3, 0.4) is 0 Å². The number of hydrogen-bond acceptors (Lipinski definition) is 4. The molecule has 0 saturated heterocycles. The van der Waals surface area contributed by atoms with Crippen LogP contribution in [-0.2, 0) is 19.1 Å². The smallest absolute Gasteiger partial charge is 0.327 e. The van der Waals surface area contributed by atoms with E-state index >= 15 is 0 Å².